The van der Waals surface area contributed by atoms with Crippen molar-refractivity contribution in [1.29, 1.82) is 0 Å². The molecule has 6 heteroatoms. The van der Waals surface area contributed by atoms with Crippen LogP contribution < -0.4 is 11.5 Å². The molecule has 0 heterocycles. The molecule has 6 N–H and O–H groups in total. The second kappa shape index (κ2) is 15.6. The van der Waals surface area contributed by atoms with Gasteiger partial charge in [0.2, 0.25) is 0 Å². The average molecular weight is 493 g/mol. The number of benzene rings is 2. The fraction of sp³-hybridized carbons (Fsp3) is 0.467. The summed E-state index contributed by atoms with van der Waals surface area (Å²) >= 11 is 0. The summed E-state index contributed by atoms with van der Waals surface area (Å²) in [5.41, 5.74) is 16.2. The molecule has 1 aliphatic carbocycles. The molecule has 196 valence electrons. The van der Waals surface area contributed by atoms with Crippen LogP contribution in [0.4, 0.5) is 0 Å². The number of nitrogens with two attached hydrogens (primary N) is 2. The first-order valence-electron chi connectivity index (χ1n) is 13.3. The van der Waals surface area contributed by atoms with Crippen LogP contribution in [0.25, 0.3) is 0 Å². The van der Waals surface area contributed by atoms with Crippen LogP contribution in [0.1, 0.15) is 43.2 Å². The summed E-state index contributed by atoms with van der Waals surface area (Å²) in [5.74, 6) is 0.433. The van der Waals surface area contributed by atoms with Crippen LogP contribution >= 0.6 is 0 Å². The van der Waals surface area contributed by atoms with E-state index in [0.29, 0.717) is 38.2 Å². The van der Waals surface area contributed by atoms with Crippen LogP contribution in [0.15, 0.2) is 83.6 Å². The zero-order chi connectivity index (χ0) is 25.6. The predicted octanol–water partition coefficient (Wildman–Crippen LogP) is 3.97. The molecule has 6 nitrogen and oxygen atoms in total. The molecule has 0 amide bonds. The highest BCUT2D eigenvalue weighted by atomic mass is 16.3. The molecule has 0 aromatic heterocycles. The van der Waals surface area contributed by atoms with Crippen LogP contribution in [-0.4, -0.2) is 65.4 Å². The van der Waals surface area contributed by atoms with Crippen LogP contribution in [0.3, 0.4) is 0 Å². The van der Waals surface area contributed by atoms with E-state index in [-0.39, 0.29) is 0 Å². The Hall–Kier alpha value is -2.48. The molecule has 1 atom stereocenters. The van der Waals surface area contributed by atoms with Crippen molar-refractivity contribution in [3.63, 3.8) is 0 Å². The zero-order valence-corrected chi connectivity index (χ0v) is 21.6. The lowest BCUT2D eigenvalue weighted by Gasteiger charge is -2.27. The Bertz CT molecular complexity index is 946. The highest BCUT2D eigenvalue weighted by Gasteiger charge is 2.21. The Morgan fingerprint density at radius 2 is 1.39 bits per heavy atom. The lowest BCUT2D eigenvalue weighted by atomic mass is 10.1. The van der Waals surface area contributed by atoms with Gasteiger partial charge in [-0.25, -0.2) is 0 Å². The molecule has 2 aromatic rings. The normalized spacial score (nSPS) is 14.6. The van der Waals surface area contributed by atoms with Crippen LogP contribution in [0.2, 0.25) is 0 Å². The van der Waals surface area contributed by atoms with E-state index in [4.69, 9.17) is 11.5 Å². The van der Waals surface area contributed by atoms with Gasteiger partial charge in [0, 0.05) is 38.2 Å². The number of nitrogens with zero attached hydrogens (tertiary/aromatic N) is 2. The van der Waals surface area contributed by atoms with Gasteiger partial charge in [-0.1, -0.05) is 66.7 Å². The van der Waals surface area contributed by atoms with Crippen molar-refractivity contribution >= 4 is 0 Å². The van der Waals surface area contributed by atoms with Crippen molar-refractivity contribution in [3.8, 4) is 0 Å². The van der Waals surface area contributed by atoms with E-state index in [9.17, 15) is 10.2 Å². The minimum atomic E-state index is -0.404. The summed E-state index contributed by atoms with van der Waals surface area (Å²) in [6, 6.07) is 20.9. The van der Waals surface area contributed by atoms with Gasteiger partial charge in [-0.15, -0.1) is 0 Å². The van der Waals surface area contributed by atoms with Crippen LogP contribution in [0.5, 0.6) is 0 Å². The molecule has 0 aliphatic heterocycles. The maximum atomic E-state index is 10.6. The number of hydrogen-bond donors (Lipinski definition) is 4. The maximum Gasteiger partial charge on any atom is 0.0982 e. The third-order valence-electron chi connectivity index (χ3n) is 6.57. The third-order valence-corrected chi connectivity index (χ3v) is 6.57. The first-order chi connectivity index (χ1) is 17.6. The molecular weight excluding hydrogens is 448 g/mol. The van der Waals surface area contributed by atoms with Gasteiger partial charge < -0.3 is 21.7 Å². The number of hydrogen-bond acceptors (Lipinski definition) is 6. The van der Waals surface area contributed by atoms with E-state index < -0.39 is 6.10 Å². The van der Waals surface area contributed by atoms with Gasteiger partial charge >= 0.3 is 0 Å². The molecule has 0 bridgehead atoms. The lowest BCUT2D eigenvalue weighted by molar-refractivity contribution is 0.102. The Labute approximate surface area is 216 Å². The first-order valence-corrected chi connectivity index (χ1v) is 13.3. The van der Waals surface area contributed by atoms with Crippen molar-refractivity contribution < 1.29 is 10.2 Å². The molecule has 0 fully saturated rings. The van der Waals surface area contributed by atoms with E-state index in [1.54, 1.807) is 0 Å². The molecule has 0 saturated heterocycles. The fourth-order valence-corrected chi connectivity index (χ4v) is 4.57. The molecule has 0 radical (unpaired) electrons. The second-order valence-corrected chi connectivity index (χ2v) is 9.75. The van der Waals surface area contributed by atoms with E-state index in [1.165, 1.54) is 16.7 Å². The number of aliphatic hydroxyl groups excluding tert-OH is 2. The molecule has 1 aliphatic rings. The summed E-state index contributed by atoms with van der Waals surface area (Å²) in [6.07, 6.45) is 5.94. The van der Waals surface area contributed by atoms with Crippen molar-refractivity contribution in [2.75, 3.05) is 39.3 Å². The highest BCUT2D eigenvalue weighted by molar-refractivity contribution is 5.45. The lowest BCUT2D eigenvalue weighted by Crippen LogP contribution is -2.34. The summed E-state index contributed by atoms with van der Waals surface area (Å²) in [4.78, 5) is 4.77. The highest BCUT2D eigenvalue weighted by Crippen LogP contribution is 2.31. The molecule has 3 rings (SSSR count). The predicted molar refractivity (Wildman–Crippen MR) is 148 cm³/mol. The number of aliphatic hydroxyl groups is 2. The molecule has 0 spiro atoms. The van der Waals surface area contributed by atoms with E-state index in [0.717, 1.165) is 57.6 Å². The molecule has 0 unspecified atom stereocenters. The molecular formula is C30H44N4O2. The van der Waals surface area contributed by atoms with Crippen LogP contribution in [-0.2, 0) is 13.1 Å². The molecule has 2 aromatic carbocycles. The van der Waals surface area contributed by atoms with Gasteiger partial charge in [-0.2, -0.15) is 0 Å². The third kappa shape index (κ3) is 10.2. The summed E-state index contributed by atoms with van der Waals surface area (Å²) in [7, 11) is 0. The first kappa shape index (κ1) is 28.1. The Kier molecular flexibility index (Phi) is 12.2. The van der Waals surface area contributed by atoms with E-state index >= 15 is 0 Å². The van der Waals surface area contributed by atoms with Crippen molar-refractivity contribution in [2.45, 2.75) is 51.3 Å². The molecule has 0 saturated carbocycles. The van der Waals surface area contributed by atoms with Crippen molar-refractivity contribution in [3.05, 3.63) is 94.8 Å². The monoisotopic (exact) mass is 492 g/mol. The van der Waals surface area contributed by atoms with Crippen molar-refractivity contribution in [1.82, 2.24) is 9.80 Å². The Morgan fingerprint density at radius 3 is 1.92 bits per heavy atom. The standard InChI is InChI=1S/C30H44N4O2/c31-17-15-28(35)23-33(21-25-9-3-1-4-10-25)19-7-8-20-34(22-26-11-5-2-6-12-26)24-29(27-13-14-27)30(36)16-18-32/h1-6,9-13,28,35-36H,7-8,14-24,31-32H2/b30-29-/t28-/m0/s1. The second-order valence-electron chi connectivity index (χ2n) is 9.75. The van der Waals surface area contributed by atoms with Gasteiger partial charge in [-0.3, -0.25) is 9.80 Å². The summed E-state index contributed by atoms with van der Waals surface area (Å²) in [5, 5.41) is 21.0. The summed E-state index contributed by atoms with van der Waals surface area (Å²) in [6.45, 7) is 5.84. The van der Waals surface area contributed by atoms with Gasteiger partial charge in [0.15, 0.2) is 0 Å². The van der Waals surface area contributed by atoms with Gasteiger partial charge in [0.1, 0.15) is 0 Å². The number of rotatable bonds is 18. The van der Waals surface area contributed by atoms with E-state index in [1.807, 2.05) is 12.1 Å². The molecule has 36 heavy (non-hydrogen) atoms. The number of unbranched alkanes of at least 4 members (excludes halogenated alkanes) is 1. The number of allylic oxidation sites excluding steroid dienone is 1. The van der Waals surface area contributed by atoms with E-state index in [2.05, 4.69) is 64.4 Å². The largest absolute Gasteiger partial charge is 0.512 e. The Balaban J connectivity index is 1.60. The fourth-order valence-electron chi connectivity index (χ4n) is 4.57. The smallest absolute Gasteiger partial charge is 0.0982 e. The minimum Gasteiger partial charge on any atom is -0.512 e. The van der Waals surface area contributed by atoms with Gasteiger partial charge in [0.25, 0.3) is 0 Å². The van der Waals surface area contributed by atoms with Gasteiger partial charge in [-0.05, 0) is 68.6 Å². The quantitative estimate of drug-likeness (QED) is 0.186. The average Bonchev–Trinajstić information content (AvgIpc) is 3.71. The van der Waals surface area contributed by atoms with Crippen molar-refractivity contribution in [2.24, 2.45) is 11.5 Å². The summed E-state index contributed by atoms with van der Waals surface area (Å²) < 4.78 is 0. The topological polar surface area (TPSA) is 99.0 Å². The van der Waals surface area contributed by atoms with Crippen LogP contribution in [0, 0.1) is 0 Å². The zero-order valence-electron chi connectivity index (χ0n) is 21.6. The minimum absolute atomic E-state index is 0.404. The Morgan fingerprint density at radius 1 is 0.833 bits per heavy atom. The maximum absolute atomic E-state index is 10.6. The van der Waals surface area contributed by atoms with Gasteiger partial charge in [0.05, 0.1) is 11.9 Å². The SMILES string of the molecule is NCC/C(O)=C(\CN(CCCCN(Cc1ccccc1)C[C@@H](O)CCN)Cc1ccccc1)C1=CC1.